The highest BCUT2D eigenvalue weighted by molar-refractivity contribution is 6.42. The van der Waals surface area contributed by atoms with Crippen LogP contribution in [-0.2, 0) is 11.3 Å². The average Bonchev–Trinajstić information content (AvgIpc) is 2.66. The Hall–Kier alpha value is -2.39. The molecule has 2 aromatic carbocycles. The molecule has 27 heavy (non-hydrogen) atoms. The van der Waals surface area contributed by atoms with Gasteiger partial charge in [0.15, 0.2) is 0 Å². The summed E-state index contributed by atoms with van der Waals surface area (Å²) in [6.45, 7) is -0.365. The number of halogens is 2. The van der Waals surface area contributed by atoms with Crippen molar-refractivity contribution in [1.29, 1.82) is 0 Å². The molecule has 0 saturated heterocycles. The summed E-state index contributed by atoms with van der Waals surface area (Å²) < 4.78 is 4.97. The Morgan fingerprint density at radius 1 is 1.19 bits per heavy atom. The Morgan fingerprint density at radius 3 is 2.44 bits per heavy atom. The highest BCUT2D eigenvalue weighted by Gasteiger charge is 2.28. The third-order valence-corrected chi connectivity index (χ3v) is 4.34. The molecule has 10 heteroatoms. The summed E-state index contributed by atoms with van der Waals surface area (Å²) in [7, 11) is 0. The number of hydrogen-bond acceptors (Lipinski definition) is 6. The second-order valence-electron chi connectivity index (χ2n) is 5.54. The molecule has 1 amide bonds. The van der Waals surface area contributed by atoms with Gasteiger partial charge in [0.2, 0.25) is 0 Å². The largest absolute Gasteiger partial charge is 0.445 e. The average molecular weight is 415 g/mol. The van der Waals surface area contributed by atoms with Gasteiger partial charge in [0.1, 0.15) is 18.8 Å². The van der Waals surface area contributed by atoms with Crippen molar-refractivity contribution in [2.45, 2.75) is 18.8 Å². The molecule has 144 valence electrons. The first-order valence-electron chi connectivity index (χ1n) is 7.73. The molecule has 0 saturated carbocycles. The molecule has 0 aliphatic carbocycles. The molecule has 0 fully saturated rings. The number of aliphatic hydroxyl groups is 2. The summed E-state index contributed by atoms with van der Waals surface area (Å²) in [6, 6.07) is 11.0. The van der Waals surface area contributed by atoms with Crippen molar-refractivity contribution in [1.82, 2.24) is 5.32 Å². The van der Waals surface area contributed by atoms with Crippen LogP contribution in [0.1, 0.15) is 17.2 Å². The van der Waals surface area contributed by atoms with E-state index in [2.05, 4.69) is 5.32 Å². The monoisotopic (exact) mass is 414 g/mol. The molecular formula is C17H16Cl2N2O6. The molecule has 0 aliphatic heterocycles. The summed E-state index contributed by atoms with van der Waals surface area (Å²) in [5.41, 5.74) is 0.0589. The third-order valence-electron chi connectivity index (χ3n) is 3.62. The van der Waals surface area contributed by atoms with E-state index in [4.69, 9.17) is 27.9 Å². The zero-order chi connectivity index (χ0) is 20.0. The number of nitrogens with zero attached hydrogens (tertiary/aromatic N) is 1. The van der Waals surface area contributed by atoms with E-state index in [1.165, 1.54) is 0 Å². The van der Waals surface area contributed by atoms with Crippen LogP contribution >= 0.6 is 23.2 Å². The Morgan fingerprint density at radius 2 is 1.81 bits per heavy atom. The smallest absolute Gasteiger partial charge is 0.407 e. The summed E-state index contributed by atoms with van der Waals surface area (Å²) >= 11 is 11.6. The summed E-state index contributed by atoms with van der Waals surface area (Å²) in [4.78, 5) is 22.0. The number of nitro benzene ring substituents is 1. The second kappa shape index (κ2) is 9.52. The molecule has 0 heterocycles. The van der Waals surface area contributed by atoms with Gasteiger partial charge in [-0.25, -0.2) is 4.79 Å². The molecule has 3 N–H and O–H groups in total. The van der Waals surface area contributed by atoms with E-state index in [0.29, 0.717) is 0 Å². The fourth-order valence-corrected chi connectivity index (χ4v) is 2.56. The SMILES string of the molecule is O=C(NCC(O)C(O)c1cc(Cl)c(Cl)cc1[N+](=O)[O-])OCc1ccccc1. The quantitative estimate of drug-likeness (QED) is 0.472. The van der Waals surface area contributed by atoms with Crippen molar-refractivity contribution < 1.29 is 24.7 Å². The maximum absolute atomic E-state index is 11.7. The van der Waals surface area contributed by atoms with Gasteiger partial charge in [0.25, 0.3) is 5.69 Å². The van der Waals surface area contributed by atoms with E-state index < -0.39 is 35.5 Å². The van der Waals surface area contributed by atoms with Crippen molar-refractivity contribution >= 4 is 35.0 Å². The Bertz CT molecular complexity index is 819. The number of benzene rings is 2. The van der Waals surface area contributed by atoms with Crippen molar-refractivity contribution in [2.24, 2.45) is 0 Å². The normalized spacial score (nSPS) is 12.9. The van der Waals surface area contributed by atoms with E-state index in [-0.39, 0.29) is 22.2 Å². The number of amides is 1. The lowest BCUT2D eigenvalue weighted by atomic mass is 10.0. The summed E-state index contributed by atoms with van der Waals surface area (Å²) in [5.74, 6) is 0. The van der Waals surface area contributed by atoms with Crippen LogP contribution in [0.4, 0.5) is 10.5 Å². The number of hydrogen-bond donors (Lipinski definition) is 3. The highest BCUT2D eigenvalue weighted by Crippen LogP contribution is 2.34. The lowest BCUT2D eigenvalue weighted by Gasteiger charge is -2.19. The number of alkyl carbamates (subject to hydrolysis) is 1. The number of ether oxygens (including phenoxy) is 1. The van der Waals surface area contributed by atoms with Crippen LogP contribution < -0.4 is 5.32 Å². The minimum atomic E-state index is -1.67. The van der Waals surface area contributed by atoms with Crippen molar-refractivity contribution in [3.63, 3.8) is 0 Å². The number of aliphatic hydroxyl groups excluding tert-OH is 2. The first-order valence-corrected chi connectivity index (χ1v) is 8.49. The zero-order valence-corrected chi connectivity index (χ0v) is 15.4. The molecule has 2 atom stereocenters. The summed E-state index contributed by atoms with van der Waals surface area (Å²) in [6.07, 6.45) is -4.02. The van der Waals surface area contributed by atoms with Gasteiger partial charge in [0, 0.05) is 12.6 Å². The predicted octanol–water partition coefficient (Wildman–Crippen LogP) is 3.22. The van der Waals surface area contributed by atoms with E-state index in [1.807, 2.05) is 6.07 Å². The fraction of sp³-hybridized carbons (Fsp3) is 0.235. The lowest BCUT2D eigenvalue weighted by molar-refractivity contribution is -0.386. The van der Waals surface area contributed by atoms with Crippen LogP contribution in [-0.4, -0.2) is 33.9 Å². The van der Waals surface area contributed by atoms with Gasteiger partial charge in [-0.3, -0.25) is 10.1 Å². The highest BCUT2D eigenvalue weighted by atomic mass is 35.5. The molecule has 0 aromatic heterocycles. The van der Waals surface area contributed by atoms with Gasteiger partial charge >= 0.3 is 6.09 Å². The third kappa shape index (κ3) is 5.80. The Kier molecular flexibility index (Phi) is 7.37. The Balaban J connectivity index is 1.95. The van der Waals surface area contributed by atoms with Gasteiger partial charge in [-0.05, 0) is 11.6 Å². The predicted molar refractivity (Wildman–Crippen MR) is 98.7 cm³/mol. The van der Waals surface area contributed by atoms with Gasteiger partial charge in [0.05, 0.1) is 20.5 Å². The maximum atomic E-state index is 11.7. The fourth-order valence-electron chi connectivity index (χ4n) is 2.23. The molecule has 0 radical (unpaired) electrons. The van der Waals surface area contributed by atoms with E-state index >= 15 is 0 Å². The Labute approximate surface area is 164 Å². The molecule has 0 bridgehead atoms. The number of carbonyl (C=O) groups excluding carboxylic acids is 1. The molecule has 0 aliphatic rings. The molecule has 2 aromatic rings. The number of carbonyl (C=O) groups is 1. The lowest BCUT2D eigenvalue weighted by Crippen LogP contribution is -2.36. The van der Waals surface area contributed by atoms with Crippen molar-refractivity contribution in [3.8, 4) is 0 Å². The minimum Gasteiger partial charge on any atom is -0.445 e. The van der Waals surface area contributed by atoms with E-state index in [9.17, 15) is 25.1 Å². The van der Waals surface area contributed by atoms with Crippen LogP contribution in [0.15, 0.2) is 42.5 Å². The van der Waals surface area contributed by atoms with Crippen LogP contribution in [0, 0.1) is 10.1 Å². The van der Waals surface area contributed by atoms with E-state index in [1.54, 1.807) is 24.3 Å². The van der Waals surface area contributed by atoms with Crippen molar-refractivity contribution in [3.05, 3.63) is 73.8 Å². The van der Waals surface area contributed by atoms with Crippen LogP contribution in [0.3, 0.4) is 0 Å². The van der Waals surface area contributed by atoms with Gasteiger partial charge in [-0.15, -0.1) is 0 Å². The molecule has 0 spiro atoms. The first-order chi connectivity index (χ1) is 12.8. The topological polar surface area (TPSA) is 122 Å². The minimum absolute atomic E-state index is 0.0150. The maximum Gasteiger partial charge on any atom is 0.407 e. The van der Waals surface area contributed by atoms with Crippen molar-refractivity contribution in [2.75, 3.05) is 6.54 Å². The number of nitrogens with one attached hydrogen (secondary N) is 1. The molecular weight excluding hydrogens is 399 g/mol. The molecule has 2 unspecified atom stereocenters. The van der Waals surface area contributed by atoms with Crippen LogP contribution in [0.2, 0.25) is 10.0 Å². The van der Waals surface area contributed by atoms with Gasteiger partial charge in [-0.2, -0.15) is 0 Å². The first kappa shape index (κ1) is 20.9. The van der Waals surface area contributed by atoms with Crippen LogP contribution in [0.5, 0.6) is 0 Å². The van der Waals surface area contributed by atoms with Gasteiger partial charge < -0.3 is 20.3 Å². The summed E-state index contributed by atoms with van der Waals surface area (Å²) in [5, 5.41) is 33.6. The zero-order valence-electron chi connectivity index (χ0n) is 13.8. The molecule has 8 nitrogen and oxygen atoms in total. The van der Waals surface area contributed by atoms with Gasteiger partial charge in [-0.1, -0.05) is 53.5 Å². The number of rotatable bonds is 7. The number of nitro groups is 1. The standard InChI is InChI=1S/C17H16Cl2N2O6/c18-12-6-11(14(21(25)26)7-13(12)19)16(23)15(22)8-20-17(24)27-9-10-4-2-1-3-5-10/h1-7,15-16,22-23H,8-9H2,(H,20,24). The van der Waals surface area contributed by atoms with Crippen LogP contribution in [0.25, 0.3) is 0 Å². The van der Waals surface area contributed by atoms with E-state index in [0.717, 1.165) is 17.7 Å². The second-order valence-corrected chi connectivity index (χ2v) is 6.35. The molecule has 2 rings (SSSR count).